The second-order valence-electron chi connectivity index (χ2n) is 6.10. The Labute approximate surface area is 159 Å². The second kappa shape index (κ2) is 7.41. The molecular weight excluding hydrogens is 400 g/mol. The first kappa shape index (κ1) is 19.5. The summed E-state index contributed by atoms with van der Waals surface area (Å²) in [6.07, 6.45) is 1.03. The third kappa shape index (κ3) is 3.35. The summed E-state index contributed by atoms with van der Waals surface area (Å²) in [5.74, 6) is 1.90. The number of hydrogen-bond donors (Lipinski definition) is 0. The Hall–Kier alpha value is -1.24. The minimum Gasteiger partial charge on any atom is -0.340 e. The van der Waals surface area contributed by atoms with Gasteiger partial charge in [0.2, 0.25) is 5.91 Å². The quantitative estimate of drug-likeness (QED) is 0.600. The Morgan fingerprint density at radius 3 is 2.46 bits per heavy atom. The summed E-state index contributed by atoms with van der Waals surface area (Å²) in [7, 11) is -1.58. The van der Waals surface area contributed by atoms with Crippen molar-refractivity contribution in [3.8, 4) is 0 Å². The third-order valence-corrected chi connectivity index (χ3v) is 8.41. The second-order valence-corrected chi connectivity index (χ2v) is 10.2. The highest BCUT2D eigenvalue weighted by Crippen LogP contribution is 2.28. The summed E-state index contributed by atoms with van der Waals surface area (Å²) in [6, 6.07) is -0.824. The van der Waals surface area contributed by atoms with Crippen molar-refractivity contribution in [2.24, 2.45) is 14.1 Å². The topological polar surface area (TPSA) is 102 Å². The summed E-state index contributed by atoms with van der Waals surface area (Å²) in [6.45, 7) is 1.19. The monoisotopic (exact) mass is 420 g/mol. The van der Waals surface area contributed by atoms with E-state index >= 15 is 0 Å². The van der Waals surface area contributed by atoms with Gasteiger partial charge in [-0.25, -0.2) is 13.2 Å². The zero-order valence-electron chi connectivity index (χ0n) is 14.5. The molecule has 2 saturated heterocycles. The summed E-state index contributed by atoms with van der Waals surface area (Å²) in [5, 5.41) is 0. The van der Waals surface area contributed by atoms with E-state index < -0.39 is 32.2 Å². The number of amides is 1. The van der Waals surface area contributed by atoms with Gasteiger partial charge >= 0.3 is 5.69 Å². The molecule has 0 N–H and O–H groups in total. The van der Waals surface area contributed by atoms with Crippen LogP contribution in [0.25, 0.3) is 0 Å². The standard InChI is InChI=1S/C14H20N4O5S3/c1-15-7-11(13(20)16(2)14(15)21)26(22,23)18-9-25-8-10(18)12(19)17-3-5-24-6-4-17/h7,10H,3-6,8-9H2,1-2H3/t10-/m0/s1. The number of carbonyl (C=O) groups is 1. The summed E-state index contributed by atoms with van der Waals surface area (Å²) in [5.41, 5.74) is -1.49. The molecule has 3 rings (SSSR count). The molecule has 0 bridgehead atoms. The molecule has 144 valence electrons. The van der Waals surface area contributed by atoms with Crippen molar-refractivity contribution >= 4 is 39.5 Å². The van der Waals surface area contributed by atoms with Crippen molar-refractivity contribution < 1.29 is 13.2 Å². The van der Waals surface area contributed by atoms with Crippen LogP contribution in [0.1, 0.15) is 0 Å². The van der Waals surface area contributed by atoms with E-state index in [9.17, 15) is 22.8 Å². The number of carbonyl (C=O) groups excluding carboxylic acids is 1. The molecule has 0 aromatic carbocycles. The number of thioether (sulfide) groups is 2. The molecule has 26 heavy (non-hydrogen) atoms. The minimum absolute atomic E-state index is 0.104. The number of aryl methyl sites for hydroxylation is 1. The summed E-state index contributed by atoms with van der Waals surface area (Å²) >= 11 is 3.10. The van der Waals surface area contributed by atoms with E-state index in [1.54, 1.807) is 16.7 Å². The van der Waals surface area contributed by atoms with E-state index in [4.69, 9.17) is 0 Å². The molecule has 1 atom stereocenters. The lowest BCUT2D eigenvalue weighted by molar-refractivity contribution is -0.133. The molecule has 2 aliphatic rings. The van der Waals surface area contributed by atoms with Crippen molar-refractivity contribution in [2.75, 3.05) is 36.2 Å². The van der Waals surface area contributed by atoms with E-state index in [0.717, 1.165) is 31.1 Å². The fraction of sp³-hybridized carbons (Fsp3) is 0.643. The van der Waals surface area contributed by atoms with Crippen molar-refractivity contribution in [1.29, 1.82) is 0 Å². The van der Waals surface area contributed by atoms with Crippen molar-refractivity contribution in [3.63, 3.8) is 0 Å². The molecule has 0 radical (unpaired) electrons. The van der Waals surface area contributed by atoms with Crippen LogP contribution in [0.4, 0.5) is 0 Å². The highest BCUT2D eigenvalue weighted by Gasteiger charge is 2.43. The van der Waals surface area contributed by atoms with Gasteiger partial charge in [0, 0.05) is 50.6 Å². The molecule has 2 aliphatic heterocycles. The van der Waals surface area contributed by atoms with E-state index in [1.807, 2.05) is 0 Å². The molecule has 0 saturated carbocycles. The number of nitrogens with zero attached hydrogens (tertiary/aromatic N) is 4. The molecule has 12 heteroatoms. The number of aromatic nitrogens is 2. The number of rotatable bonds is 3. The zero-order valence-corrected chi connectivity index (χ0v) is 16.9. The molecule has 0 aliphatic carbocycles. The first-order chi connectivity index (χ1) is 12.2. The molecule has 1 aromatic rings. The zero-order chi connectivity index (χ0) is 19.1. The number of sulfonamides is 1. The van der Waals surface area contributed by atoms with E-state index in [1.165, 1.54) is 25.9 Å². The maximum absolute atomic E-state index is 13.1. The number of hydrogen-bond acceptors (Lipinski definition) is 7. The highest BCUT2D eigenvalue weighted by molar-refractivity contribution is 8.00. The van der Waals surface area contributed by atoms with Crippen molar-refractivity contribution in [2.45, 2.75) is 10.9 Å². The van der Waals surface area contributed by atoms with Crippen LogP contribution in [-0.4, -0.2) is 74.9 Å². The molecule has 1 aromatic heterocycles. The summed E-state index contributed by atoms with van der Waals surface area (Å²) in [4.78, 5) is 38.2. The van der Waals surface area contributed by atoms with Crippen LogP contribution >= 0.6 is 23.5 Å². The van der Waals surface area contributed by atoms with Gasteiger partial charge < -0.3 is 9.47 Å². The van der Waals surface area contributed by atoms with Gasteiger partial charge in [-0.15, -0.1) is 11.8 Å². The molecule has 2 fully saturated rings. The van der Waals surface area contributed by atoms with Gasteiger partial charge in [-0.3, -0.25) is 14.2 Å². The Balaban J connectivity index is 1.97. The van der Waals surface area contributed by atoms with Gasteiger partial charge in [0.1, 0.15) is 6.04 Å². The SMILES string of the molecule is Cn1cc(S(=O)(=O)N2CSC[C@H]2C(=O)N2CCSCC2)c(=O)n(C)c1=O. The Morgan fingerprint density at radius 1 is 1.15 bits per heavy atom. The van der Waals surface area contributed by atoms with Crippen LogP contribution in [0.15, 0.2) is 20.7 Å². The third-order valence-electron chi connectivity index (χ3n) is 4.45. The average Bonchev–Trinajstić information content (AvgIpc) is 3.13. The molecular formula is C14H20N4O5S3. The van der Waals surface area contributed by atoms with Crippen molar-refractivity contribution in [1.82, 2.24) is 18.3 Å². The smallest absolute Gasteiger partial charge is 0.330 e. The van der Waals surface area contributed by atoms with Crippen LogP contribution in [0, 0.1) is 0 Å². The van der Waals surface area contributed by atoms with E-state index in [-0.39, 0.29) is 11.8 Å². The average molecular weight is 421 g/mol. The van der Waals surface area contributed by atoms with Crippen LogP contribution in [0.5, 0.6) is 0 Å². The molecule has 1 amide bonds. The van der Waals surface area contributed by atoms with E-state index in [0.29, 0.717) is 18.8 Å². The Morgan fingerprint density at radius 2 is 1.81 bits per heavy atom. The summed E-state index contributed by atoms with van der Waals surface area (Å²) < 4.78 is 29.1. The molecule has 9 nitrogen and oxygen atoms in total. The van der Waals surface area contributed by atoms with Crippen LogP contribution < -0.4 is 11.2 Å². The molecule has 3 heterocycles. The predicted molar refractivity (Wildman–Crippen MR) is 101 cm³/mol. The fourth-order valence-electron chi connectivity index (χ4n) is 2.93. The Kier molecular flexibility index (Phi) is 5.56. The van der Waals surface area contributed by atoms with Gasteiger partial charge in [0.15, 0.2) is 4.90 Å². The lowest BCUT2D eigenvalue weighted by Crippen LogP contribution is -2.52. The lowest BCUT2D eigenvalue weighted by atomic mass is 10.3. The first-order valence-electron chi connectivity index (χ1n) is 7.98. The van der Waals surface area contributed by atoms with Crippen LogP contribution in [0.2, 0.25) is 0 Å². The molecule has 0 unspecified atom stereocenters. The van der Waals surface area contributed by atoms with Crippen LogP contribution in [0.3, 0.4) is 0 Å². The first-order valence-corrected chi connectivity index (χ1v) is 11.7. The largest absolute Gasteiger partial charge is 0.340 e. The van der Waals surface area contributed by atoms with Gasteiger partial charge in [0.25, 0.3) is 15.6 Å². The maximum Gasteiger partial charge on any atom is 0.330 e. The Bertz CT molecular complexity index is 933. The predicted octanol–water partition coefficient (Wildman–Crippen LogP) is -1.28. The van der Waals surface area contributed by atoms with Gasteiger partial charge in [-0.1, -0.05) is 0 Å². The maximum atomic E-state index is 13.1. The van der Waals surface area contributed by atoms with Crippen LogP contribution in [-0.2, 0) is 28.9 Å². The lowest BCUT2D eigenvalue weighted by Gasteiger charge is -2.31. The fourth-order valence-corrected chi connectivity index (χ4v) is 7.12. The van der Waals surface area contributed by atoms with E-state index in [2.05, 4.69) is 0 Å². The van der Waals surface area contributed by atoms with Gasteiger partial charge in [0.05, 0.1) is 5.88 Å². The van der Waals surface area contributed by atoms with Gasteiger partial charge in [-0.05, 0) is 0 Å². The molecule has 0 spiro atoms. The van der Waals surface area contributed by atoms with Gasteiger partial charge in [-0.2, -0.15) is 16.1 Å². The van der Waals surface area contributed by atoms with Crippen molar-refractivity contribution in [3.05, 3.63) is 27.0 Å². The minimum atomic E-state index is -4.20. The normalized spacial score (nSPS) is 21.9. The highest BCUT2D eigenvalue weighted by atomic mass is 32.2.